The van der Waals surface area contributed by atoms with Crippen molar-refractivity contribution in [3.8, 4) is 11.6 Å². The van der Waals surface area contributed by atoms with Gasteiger partial charge in [0.1, 0.15) is 12.2 Å². The van der Waals surface area contributed by atoms with E-state index in [0.29, 0.717) is 41.2 Å². The van der Waals surface area contributed by atoms with Crippen LogP contribution in [0.5, 0.6) is 5.75 Å². The summed E-state index contributed by atoms with van der Waals surface area (Å²) in [6.07, 6.45) is 4.31. The van der Waals surface area contributed by atoms with Gasteiger partial charge in [-0.1, -0.05) is 23.4 Å². The van der Waals surface area contributed by atoms with Crippen LogP contribution in [0.15, 0.2) is 54.2 Å². The van der Waals surface area contributed by atoms with Crippen molar-refractivity contribution in [2.75, 3.05) is 26.2 Å². The standard InChI is InChI=1S/C24H22N8O4/c1-15-28-14-32(29-15)22-20-19(18(13-27-22)36-25-2)17(12-26-20)21(33)24(35)31-10-8-30(9-11-31)23(34)16-6-4-3-5-7-16/h3-7,12-14,26H,2,8-11H2,1H3. The van der Waals surface area contributed by atoms with Crippen molar-refractivity contribution >= 4 is 35.2 Å². The predicted molar refractivity (Wildman–Crippen MR) is 129 cm³/mol. The van der Waals surface area contributed by atoms with E-state index in [9.17, 15) is 14.4 Å². The number of amides is 2. The van der Waals surface area contributed by atoms with E-state index in [4.69, 9.17) is 4.84 Å². The quantitative estimate of drug-likeness (QED) is 0.189. The number of fused-ring (bicyclic) bond motifs is 1. The van der Waals surface area contributed by atoms with Crippen molar-refractivity contribution < 1.29 is 19.2 Å². The van der Waals surface area contributed by atoms with Gasteiger partial charge in [0.25, 0.3) is 17.6 Å². The molecular formula is C24H22N8O4. The Hall–Kier alpha value is -4.87. The molecule has 12 heteroatoms. The van der Waals surface area contributed by atoms with Gasteiger partial charge in [-0.25, -0.2) is 14.6 Å². The zero-order valence-corrected chi connectivity index (χ0v) is 19.4. The minimum Gasteiger partial charge on any atom is -0.357 e. The smallest absolute Gasteiger partial charge is 0.295 e. The van der Waals surface area contributed by atoms with Gasteiger partial charge in [0.15, 0.2) is 11.6 Å². The fourth-order valence-corrected chi connectivity index (χ4v) is 4.18. The Bertz CT molecular complexity index is 1470. The number of aryl methyl sites for hydroxylation is 1. The third kappa shape index (κ3) is 4.08. The molecule has 0 spiro atoms. The van der Waals surface area contributed by atoms with Gasteiger partial charge in [-0.15, -0.1) is 0 Å². The number of carbonyl (C=O) groups excluding carboxylic acids is 3. The molecule has 0 saturated carbocycles. The van der Waals surface area contributed by atoms with Gasteiger partial charge in [-0.2, -0.15) is 5.10 Å². The van der Waals surface area contributed by atoms with Crippen molar-refractivity contribution in [3.05, 3.63) is 66.0 Å². The first-order valence-corrected chi connectivity index (χ1v) is 11.2. The normalized spacial score (nSPS) is 13.6. The summed E-state index contributed by atoms with van der Waals surface area (Å²) in [5.74, 6) is -0.411. The van der Waals surface area contributed by atoms with Crippen LogP contribution >= 0.6 is 0 Å². The van der Waals surface area contributed by atoms with E-state index in [0.717, 1.165) is 0 Å². The van der Waals surface area contributed by atoms with Crippen LogP contribution in [0.3, 0.4) is 0 Å². The topological polar surface area (TPSA) is 139 Å². The number of aromatic amines is 1. The van der Waals surface area contributed by atoms with E-state index in [1.165, 1.54) is 28.3 Å². The third-order valence-electron chi connectivity index (χ3n) is 5.95. The first-order valence-electron chi connectivity index (χ1n) is 11.2. The molecule has 12 nitrogen and oxygen atoms in total. The number of Topliss-reactive ketones (excluding diaryl/α,β-unsaturated/α-hetero) is 1. The highest BCUT2D eigenvalue weighted by Gasteiger charge is 2.31. The molecule has 1 aliphatic heterocycles. The molecule has 0 unspecified atom stereocenters. The van der Waals surface area contributed by atoms with E-state index >= 15 is 0 Å². The number of nitrogens with zero attached hydrogens (tertiary/aromatic N) is 7. The van der Waals surface area contributed by atoms with Crippen molar-refractivity contribution in [2.24, 2.45) is 5.16 Å². The molecule has 0 radical (unpaired) electrons. The van der Waals surface area contributed by atoms with Gasteiger partial charge >= 0.3 is 0 Å². The van der Waals surface area contributed by atoms with Gasteiger partial charge in [-0.05, 0) is 19.1 Å². The van der Waals surface area contributed by atoms with Crippen molar-refractivity contribution in [1.82, 2.24) is 34.5 Å². The van der Waals surface area contributed by atoms with E-state index in [2.05, 4.69) is 31.9 Å². The minimum atomic E-state index is -0.718. The Morgan fingerprint density at radius 3 is 2.44 bits per heavy atom. The second-order valence-corrected chi connectivity index (χ2v) is 8.13. The number of oxime groups is 1. The van der Waals surface area contributed by atoms with Crippen LogP contribution < -0.4 is 4.84 Å². The second-order valence-electron chi connectivity index (χ2n) is 8.13. The molecule has 3 aromatic heterocycles. The second kappa shape index (κ2) is 9.41. The molecule has 1 N–H and O–H groups in total. The number of benzene rings is 1. The average Bonchev–Trinajstić information content (AvgIpc) is 3.55. The number of hydrogen-bond acceptors (Lipinski definition) is 8. The zero-order chi connectivity index (χ0) is 25.2. The lowest BCUT2D eigenvalue weighted by Crippen LogP contribution is -2.52. The summed E-state index contributed by atoms with van der Waals surface area (Å²) >= 11 is 0. The van der Waals surface area contributed by atoms with Gasteiger partial charge in [0.05, 0.1) is 22.7 Å². The van der Waals surface area contributed by atoms with Crippen LogP contribution in [-0.4, -0.2) is 85.0 Å². The number of pyridine rings is 1. The Balaban J connectivity index is 1.38. The summed E-state index contributed by atoms with van der Waals surface area (Å²) < 4.78 is 1.46. The van der Waals surface area contributed by atoms with Gasteiger partial charge in [0, 0.05) is 44.7 Å². The van der Waals surface area contributed by atoms with Crippen LogP contribution in [0.2, 0.25) is 0 Å². The average molecular weight is 486 g/mol. The fourth-order valence-electron chi connectivity index (χ4n) is 4.18. The first-order chi connectivity index (χ1) is 17.5. The van der Waals surface area contributed by atoms with E-state index in [-0.39, 0.29) is 30.3 Å². The zero-order valence-electron chi connectivity index (χ0n) is 19.4. The fraction of sp³-hybridized carbons (Fsp3) is 0.208. The lowest BCUT2D eigenvalue weighted by atomic mass is 10.1. The lowest BCUT2D eigenvalue weighted by molar-refractivity contribution is -0.127. The highest BCUT2D eigenvalue weighted by molar-refractivity contribution is 6.45. The van der Waals surface area contributed by atoms with Crippen LogP contribution in [-0.2, 0) is 4.79 Å². The van der Waals surface area contributed by atoms with E-state index < -0.39 is 11.7 Å². The first kappa shape index (κ1) is 22.9. The molecule has 4 heterocycles. The number of ketones is 1. The Labute approximate surface area is 205 Å². The Morgan fingerprint density at radius 2 is 1.78 bits per heavy atom. The van der Waals surface area contributed by atoms with Crippen molar-refractivity contribution in [3.63, 3.8) is 0 Å². The molecule has 2 amide bonds. The summed E-state index contributed by atoms with van der Waals surface area (Å²) in [7, 11) is 0. The molecular weight excluding hydrogens is 464 g/mol. The monoisotopic (exact) mass is 486 g/mol. The molecule has 4 aromatic rings. The van der Waals surface area contributed by atoms with E-state index in [1.54, 1.807) is 36.1 Å². The summed E-state index contributed by atoms with van der Waals surface area (Å²) in [4.78, 5) is 59.0. The summed E-state index contributed by atoms with van der Waals surface area (Å²) in [5, 5.41) is 8.04. The SMILES string of the molecule is C=NOc1cnc(-n2cnc(C)n2)c2[nH]cc(C(=O)C(=O)N3CCN(C(=O)c4ccccc4)CC3)c12. The highest BCUT2D eigenvalue weighted by atomic mass is 16.6. The summed E-state index contributed by atoms with van der Waals surface area (Å²) in [5.41, 5.74) is 1.12. The van der Waals surface area contributed by atoms with Crippen LogP contribution in [0, 0.1) is 6.92 Å². The van der Waals surface area contributed by atoms with Crippen molar-refractivity contribution in [1.29, 1.82) is 0 Å². The number of carbonyl (C=O) groups is 3. The van der Waals surface area contributed by atoms with Gasteiger partial charge < -0.3 is 19.6 Å². The molecule has 5 rings (SSSR count). The van der Waals surface area contributed by atoms with Gasteiger partial charge in [-0.3, -0.25) is 14.4 Å². The van der Waals surface area contributed by atoms with Crippen LogP contribution in [0.25, 0.3) is 16.7 Å². The molecule has 0 aliphatic carbocycles. The highest BCUT2D eigenvalue weighted by Crippen LogP contribution is 2.32. The van der Waals surface area contributed by atoms with Gasteiger partial charge in [0.2, 0.25) is 0 Å². The molecule has 0 bridgehead atoms. The Morgan fingerprint density at radius 1 is 1.06 bits per heavy atom. The third-order valence-corrected chi connectivity index (χ3v) is 5.95. The number of nitrogens with one attached hydrogen (secondary N) is 1. The summed E-state index contributed by atoms with van der Waals surface area (Å²) in [6, 6.07) is 8.95. The molecule has 36 heavy (non-hydrogen) atoms. The minimum absolute atomic E-state index is 0.104. The molecule has 1 saturated heterocycles. The predicted octanol–water partition coefficient (Wildman–Crippen LogP) is 1.61. The number of H-pyrrole nitrogens is 1. The number of piperazine rings is 1. The molecule has 1 fully saturated rings. The number of rotatable bonds is 6. The molecule has 182 valence electrons. The van der Waals surface area contributed by atoms with Crippen LogP contribution in [0.1, 0.15) is 26.5 Å². The molecule has 0 atom stereocenters. The maximum Gasteiger partial charge on any atom is 0.295 e. The van der Waals surface area contributed by atoms with Crippen molar-refractivity contribution in [2.45, 2.75) is 6.92 Å². The van der Waals surface area contributed by atoms with E-state index in [1.807, 2.05) is 6.07 Å². The largest absolute Gasteiger partial charge is 0.357 e. The lowest BCUT2D eigenvalue weighted by Gasteiger charge is -2.34. The summed E-state index contributed by atoms with van der Waals surface area (Å²) in [6.45, 7) is 6.21. The maximum absolute atomic E-state index is 13.3. The Kier molecular flexibility index (Phi) is 5.98. The number of aromatic nitrogens is 5. The molecule has 1 aliphatic rings. The van der Waals surface area contributed by atoms with Crippen LogP contribution in [0.4, 0.5) is 0 Å². The molecule has 1 aromatic carbocycles. The number of hydrogen-bond donors (Lipinski definition) is 1. The maximum atomic E-state index is 13.3.